The van der Waals surface area contributed by atoms with E-state index in [2.05, 4.69) is 21.2 Å². The highest BCUT2D eigenvalue weighted by Crippen LogP contribution is 2.19. The molecular formula is C14H13BrN2. The van der Waals surface area contributed by atoms with E-state index in [4.69, 9.17) is 5.41 Å². The molecule has 0 aliphatic heterocycles. The first-order valence-corrected chi connectivity index (χ1v) is 6.13. The van der Waals surface area contributed by atoms with Gasteiger partial charge in [-0.3, -0.25) is 5.41 Å². The van der Waals surface area contributed by atoms with Crippen molar-refractivity contribution in [1.29, 1.82) is 5.41 Å². The first-order valence-electron chi connectivity index (χ1n) is 5.34. The maximum atomic E-state index is 8.23. The Balaban J connectivity index is 2.40. The molecule has 2 aromatic carbocycles. The van der Waals surface area contributed by atoms with Crippen molar-refractivity contribution in [3.63, 3.8) is 0 Å². The summed E-state index contributed by atoms with van der Waals surface area (Å²) in [5.41, 5.74) is 3.33. The van der Waals surface area contributed by atoms with Gasteiger partial charge in [-0.2, -0.15) is 0 Å². The molecule has 2 nitrogen and oxygen atoms in total. The Bertz CT molecular complexity index is 532. The summed E-state index contributed by atoms with van der Waals surface area (Å²) in [5.74, 6) is 0. The molecule has 0 atom stereocenters. The Hall–Kier alpha value is -1.61. The van der Waals surface area contributed by atoms with E-state index >= 15 is 0 Å². The largest absolute Gasteiger partial charge is 0.388 e. The van der Waals surface area contributed by atoms with Crippen molar-refractivity contribution < 1.29 is 0 Å². The van der Waals surface area contributed by atoms with E-state index in [9.17, 15) is 0 Å². The SMILES string of the molecule is CNc1ccccc1C(=N)c1ccc(Br)cc1. The van der Waals surface area contributed by atoms with E-state index in [-0.39, 0.29) is 0 Å². The number of rotatable bonds is 3. The van der Waals surface area contributed by atoms with Crippen molar-refractivity contribution in [2.75, 3.05) is 12.4 Å². The van der Waals surface area contributed by atoms with Crippen LogP contribution in [0.1, 0.15) is 11.1 Å². The van der Waals surface area contributed by atoms with Gasteiger partial charge < -0.3 is 5.32 Å². The van der Waals surface area contributed by atoms with E-state index in [1.54, 1.807) is 0 Å². The van der Waals surface area contributed by atoms with Gasteiger partial charge in [0.1, 0.15) is 0 Å². The molecule has 2 rings (SSSR count). The van der Waals surface area contributed by atoms with Crippen LogP contribution in [-0.4, -0.2) is 12.8 Å². The molecule has 17 heavy (non-hydrogen) atoms. The number of hydrogen-bond donors (Lipinski definition) is 2. The van der Waals surface area contributed by atoms with Gasteiger partial charge in [0.15, 0.2) is 0 Å². The molecule has 0 aromatic heterocycles. The number of halogens is 1. The van der Waals surface area contributed by atoms with Crippen LogP contribution in [0.3, 0.4) is 0 Å². The summed E-state index contributed by atoms with van der Waals surface area (Å²) in [4.78, 5) is 0. The second kappa shape index (κ2) is 5.15. The summed E-state index contributed by atoms with van der Waals surface area (Å²) >= 11 is 3.40. The highest BCUT2D eigenvalue weighted by Gasteiger charge is 2.08. The average Bonchev–Trinajstić information content (AvgIpc) is 2.39. The summed E-state index contributed by atoms with van der Waals surface area (Å²) in [5, 5.41) is 11.3. The molecule has 0 saturated carbocycles. The molecule has 0 saturated heterocycles. The van der Waals surface area contributed by atoms with Gasteiger partial charge in [0.25, 0.3) is 0 Å². The van der Waals surface area contributed by atoms with Gasteiger partial charge in [-0.1, -0.05) is 46.3 Å². The molecule has 0 fully saturated rings. The second-order valence-electron chi connectivity index (χ2n) is 3.68. The smallest absolute Gasteiger partial charge is 0.0705 e. The van der Waals surface area contributed by atoms with Gasteiger partial charge in [-0.25, -0.2) is 0 Å². The number of para-hydroxylation sites is 1. The van der Waals surface area contributed by atoms with Gasteiger partial charge >= 0.3 is 0 Å². The normalized spacial score (nSPS) is 10.0. The lowest BCUT2D eigenvalue weighted by atomic mass is 10.0. The maximum Gasteiger partial charge on any atom is 0.0705 e. The predicted molar refractivity (Wildman–Crippen MR) is 76.1 cm³/mol. The number of benzene rings is 2. The van der Waals surface area contributed by atoms with Crippen LogP contribution in [0, 0.1) is 5.41 Å². The van der Waals surface area contributed by atoms with E-state index < -0.39 is 0 Å². The van der Waals surface area contributed by atoms with Gasteiger partial charge in [-0.05, 0) is 18.2 Å². The van der Waals surface area contributed by atoms with E-state index in [1.165, 1.54) is 0 Å². The molecule has 0 aliphatic rings. The fraction of sp³-hybridized carbons (Fsp3) is 0.0714. The van der Waals surface area contributed by atoms with Crippen molar-refractivity contribution in [2.24, 2.45) is 0 Å². The standard InChI is InChI=1S/C14H13BrN2/c1-17-13-5-3-2-4-12(13)14(16)10-6-8-11(15)9-7-10/h2-9,16-17H,1H3. The fourth-order valence-corrected chi connectivity index (χ4v) is 1.96. The first-order chi connectivity index (χ1) is 8.22. The minimum absolute atomic E-state index is 0.530. The minimum atomic E-state index is 0.530. The second-order valence-corrected chi connectivity index (χ2v) is 4.59. The summed E-state index contributed by atoms with van der Waals surface area (Å²) in [6.07, 6.45) is 0. The molecule has 2 aromatic rings. The zero-order chi connectivity index (χ0) is 12.3. The molecular weight excluding hydrogens is 276 g/mol. The zero-order valence-electron chi connectivity index (χ0n) is 9.50. The Morgan fingerprint density at radius 1 is 1.06 bits per heavy atom. The molecule has 0 aliphatic carbocycles. The summed E-state index contributed by atoms with van der Waals surface area (Å²) < 4.78 is 1.02. The van der Waals surface area contributed by atoms with Gasteiger partial charge in [-0.15, -0.1) is 0 Å². The van der Waals surface area contributed by atoms with Crippen molar-refractivity contribution >= 4 is 27.3 Å². The zero-order valence-corrected chi connectivity index (χ0v) is 11.1. The number of anilines is 1. The van der Waals surface area contributed by atoms with Crippen LogP contribution in [0.5, 0.6) is 0 Å². The Kier molecular flexibility index (Phi) is 3.59. The van der Waals surface area contributed by atoms with Crippen LogP contribution in [0.2, 0.25) is 0 Å². The van der Waals surface area contributed by atoms with Gasteiger partial charge in [0.05, 0.1) is 5.71 Å². The maximum absolute atomic E-state index is 8.23. The summed E-state index contributed by atoms with van der Waals surface area (Å²) in [7, 11) is 1.87. The van der Waals surface area contributed by atoms with E-state index in [1.807, 2.05) is 55.6 Å². The van der Waals surface area contributed by atoms with Crippen molar-refractivity contribution in [3.05, 3.63) is 64.1 Å². The predicted octanol–water partition coefficient (Wildman–Crippen LogP) is 3.91. The van der Waals surface area contributed by atoms with Crippen LogP contribution < -0.4 is 5.32 Å². The Labute approximate surface area is 109 Å². The quantitative estimate of drug-likeness (QED) is 0.826. The molecule has 0 spiro atoms. The van der Waals surface area contributed by atoms with Crippen molar-refractivity contribution in [1.82, 2.24) is 0 Å². The molecule has 0 radical (unpaired) electrons. The van der Waals surface area contributed by atoms with E-state index in [0.717, 1.165) is 21.3 Å². The highest BCUT2D eigenvalue weighted by molar-refractivity contribution is 9.10. The van der Waals surface area contributed by atoms with Crippen LogP contribution in [-0.2, 0) is 0 Å². The highest BCUT2D eigenvalue weighted by atomic mass is 79.9. The minimum Gasteiger partial charge on any atom is -0.388 e. The fourth-order valence-electron chi connectivity index (χ4n) is 1.69. The van der Waals surface area contributed by atoms with Crippen LogP contribution in [0.4, 0.5) is 5.69 Å². The lowest BCUT2D eigenvalue weighted by molar-refractivity contribution is 1.42. The molecule has 0 bridgehead atoms. The Morgan fingerprint density at radius 3 is 2.35 bits per heavy atom. The van der Waals surface area contributed by atoms with Crippen molar-refractivity contribution in [2.45, 2.75) is 0 Å². The molecule has 2 N–H and O–H groups in total. The van der Waals surface area contributed by atoms with Crippen molar-refractivity contribution in [3.8, 4) is 0 Å². The molecule has 0 unspecified atom stereocenters. The topological polar surface area (TPSA) is 35.9 Å². The lowest BCUT2D eigenvalue weighted by Gasteiger charge is -2.10. The third kappa shape index (κ3) is 2.56. The summed E-state index contributed by atoms with van der Waals surface area (Å²) in [6.45, 7) is 0. The van der Waals surface area contributed by atoms with Gasteiger partial charge in [0, 0.05) is 28.3 Å². The first kappa shape index (κ1) is 11.9. The Morgan fingerprint density at radius 2 is 1.71 bits per heavy atom. The third-order valence-corrected chi connectivity index (χ3v) is 3.13. The lowest BCUT2D eigenvalue weighted by Crippen LogP contribution is -2.05. The monoisotopic (exact) mass is 288 g/mol. The third-order valence-electron chi connectivity index (χ3n) is 2.60. The number of nitrogens with one attached hydrogen (secondary N) is 2. The molecule has 86 valence electrons. The van der Waals surface area contributed by atoms with Crippen LogP contribution >= 0.6 is 15.9 Å². The summed E-state index contributed by atoms with van der Waals surface area (Å²) in [6, 6.07) is 15.6. The number of hydrogen-bond acceptors (Lipinski definition) is 2. The molecule has 3 heteroatoms. The molecule has 0 heterocycles. The van der Waals surface area contributed by atoms with E-state index in [0.29, 0.717) is 5.71 Å². The molecule has 0 amide bonds. The van der Waals surface area contributed by atoms with Gasteiger partial charge in [0.2, 0.25) is 0 Å². The van der Waals surface area contributed by atoms with Crippen LogP contribution in [0.15, 0.2) is 53.0 Å². The average molecular weight is 289 g/mol. The van der Waals surface area contributed by atoms with Crippen LogP contribution in [0.25, 0.3) is 0 Å².